The topological polar surface area (TPSA) is 69.7 Å². The van der Waals surface area contributed by atoms with E-state index in [-0.39, 0.29) is 17.7 Å². The summed E-state index contributed by atoms with van der Waals surface area (Å²) < 4.78 is 9.38. The summed E-state index contributed by atoms with van der Waals surface area (Å²) in [6, 6.07) is 0. The molecule has 1 rings (SSSR count). The van der Waals surface area contributed by atoms with Crippen molar-refractivity contribution >= 4 is 17.7 Å². The van der Waals surface area contributed by atoms with Crippen molar-refractivity contribution in [3.63, 3.8) is 0 Å². The van der Waals surface area contributed by atoms with Crippen molar-refractivity contribution in [2.45, 2.75) is 38.5 Å². The molecule has 0 N–H and O–H groups in total. The summed E-state index contributed by atoms with van der Waals surface area (Å²) in [5.74, 6) is -1.76. The zero-order valence-corrected chi connectivity index (χ0v) is 10.9. The van der Waals surface area contributed by atoms with E-state index in [9.17, 15) is 14.4 Å². The van der Waals surface area contributed by atoms with E-state index in [0.29, 0.717) is 32.1 Å². The molecule has 0 spiro atoms. The van der Waals surface area contributed by atoms with Crippen LogP contribution in [0, 0.1) is 11.8 Å². The fourth-order valence-electron chi connectivity index (χ4n) is 2.33. The third kappa shape index (κ3) is 3.82. The molecule has 5 heteroatoms. The molecule has 1 aliphatic carbocycles. The molecular weight excluding hydrogens is 236 g/mol. The number of hydrogen-bond acceptors (Lipinski definition) is 5. The molecule has 18 heavy (non-hydrogen) atoms. The van der Waals surface area contributed by atoms with Crippen molar-refractivity contribution in [2.24, 2.45) is 11.8 Å². The van der Waals surface area contributed by atoms with Crippen LogP contribution < -0.4 is 0 Å². The Labute approximate surface area is 107 Å². The number of carbonyl (C=O) groups excluding carboxylic acids is 3. The average Bonchev–Trinajstić information content (AvgIpc) is 2.47. The van der Waals surface area contributed by atoms with Crippen LogP contribution in [0.15, 0.2) is 0 Å². The maximum Gasteiger partial charge on any atom is 0.316 e. The van der Waals surface area contributed by atoms with Crippen molar-refractivity contribution < 1.29 is 23.9 Å². The average molecular weight is 256 g/mol. The molecule has 102 valence electrons. The van der Waals surface area contributed by atoms with Gasteiger partial charge in [0.2, 0.25) is 0 Å². The van der Waals surface area contributed by atoms with Crippen LogP contribution in [-0.4, -0.2) is 31.9 Å². The molecule has 0 aliphatic heterocycles. The second-order valence-corrected chi connectivity index (χ2v) is 4.59. The number of ether oxygens (including phenoxy) is 2. The van der Waals surface area contributed by atoms with Crippen LogP contribution in [0.3, 0.4) is 0 Å². The largest absolute Gasteiger partial charge is 0.469 e. The summed E-state index contributed by atoms with van der Waals surface area (Å²) >= 11 is 0. The fourth-order valence-corrected chi connectivity index (χ4v) is 2.33. The SMILES string of the molecule is COC(=O)C1CCCCC(=O)C(C(=O)OC)CC1. The Hall–Kier alpha value is -1.39. The van der Waals surface area contributed by atoms with Crippen LogP contribution in [0.2, 0.25) is 0 Å². The molecule has 0 aromatic carbocycles. The van der Waals surface area contributed by atoms with E-state index in [1.165, 1.54) is 14.2 Å². The van der Waals surface area contributed by atoms with Crippen molar-refractivity contribution in [1.82, 2.24) is 0 Å². The van der Waals surface area contributed by atoms with Crippen molar-refractivity contribution in [2.75, 3.05) is 14.2 Å². The minimum absolute atomic E-state index is 0.0765. The molecule has 0 aromatic rings. The molecule has 2 unspecified atom stereocenters. The molecule has 0 saturated heterocycles. The molecule has 0 radical (unpaired) electrons. The van der Waals surface area contributed by atoms with Gasteiger partial charge in [-0.1, -0.05) is 6.42 Å². The zero-order chi connectivity index (χ0) is 13.5. The molecule has 0 heterocycles. The molecule has 0 aromatic heterocycles. The van der Waals surface area contributed by atoms with Gasteiger partial charge in [-0.05, 0) is 25.7 Å². The Bertz CT molecular complexity index is 323. The third-order valence-corrected chi connectivity index (χ3v) is 3.44. The highest BCUT2D eigenvalue weighted by Gasteiger charge is 2.30. The van der Waals surface area contributed by atoms with Gasteiger partial charge in [0.05, 0.1) is 20.1 Å². The van der Waals surface area contributed by atoms with Gasteiger partial charge in [0, 0.05) is 6.42 Å². The first-order valence-corrected chi connectivity index (χ1v) is 6.28. The van der Waals surface area contributed by atoms with Crippen LogP contribution in [0.25, 0.3) is 0 Å². The normalized spacial score (nSPS) is 25.6. The molecular formula is C13H20O5. The Balaban J connectivity index is 2.73. The van der Waals surface area contributed by atoms with E-state index in [4.69, 9.17) is 4.74 Å². The predicted octanol–water partition coefficient (Wildman–Crippen LogP) is 1.49. The van der Waals surface area contributed by atoms with E-state index in [2.05, 4.69) is 4.74 Å². The quantitative estimate of drug-likeness (QED) is 0.553. The highest BCUT2D eigenvalue weighted by Crippen LogP contribution is 2.25. The van der Waals surface area contributed by atoms with E-state index in [0.717, 1.165) is 6.42 Å². The van der Waals surface area contributed by atoms with E-state index < -0.39 is 11.9 Å². The lowest BCUT2D eigenvalue weighted by Gasteiger charge is -2.15. The molecule has 1 aliphatic rings. The van der Waals surface area contributed by atoms with Gasteiger partial charge in [-0.25, -0.2) is 0 Å². The van der Waals surface area contributed by atoms with E-state index in [1.54, 1.807) is 0 Å². The van der Waals surface area contributed by atoms with Gasteiger partial charge in [-0.3, -0.25) is 14.4 Å². The molecule has 1 saturated carbocycles. The van der Waals surface area contributed by atoms with Gasteiger partial charge in [-0.15, -0.1) is 0 Å². The van der Waals surface area contributed by atoms with Crippen molar-refractivity contribution in [3.05, 3.63) is 0 Å². The molecule has 1 fully saturated rings. The summed E-state index contributed by atoms with van der Waals surface area (Å²) in [5.41, 5.74) is 0. The van der Waals surface area contributed by atoms with Gasteiger partial charge in [0.15, 0.2) is 0 Å². The molecule has 2 atom stereocenters. The summed E-state index contributed by atoms with van der Waals surface area (Å²) in [6.07, 6.45) is 3.48. The van der Waals surface area contributed by atoms with Gasteiger partial charge < -0.3 is 9.47 Å². The Morgan fingerprint density at radius 3 is 2.28 bits per heavy atom. The number of carbonyl (C=O) groups is 3. The van der Waals surface area contributed by atoms with Gasteiger partial charge in [0.25, 0.3) is 0 Å². The third-order valence-electron chi connectivity index (χ3n) is 3.44. The Morgan fingerprint density at radius 2 is 1.67 bits per heavy atom. The lowest BCUT2D eigenvalue weighted by atomic mass is 9.92. The van der Waals surface area contributed by atoms with Crippen LogP contribution in [0.1, 0.15) is 38.5 Å². The monoisotopic (exact) mass is 256 g/mol. The minimum atomic E-state index is -0.722. The van der Waals surface area contributed by atoms with Crippen molar-refractivity contribution in [3.8, 4) is 0 Å². The summed E-state index contributed by atoms with van der Waals surface area (Å²) in [7, 11) is 2.64. The number of Topliss-reactive ketones (excluding diaryl/α,β-unsaturated/α-hetero) is 1. The summed E-state index contributed by atoms with van der Waals surface area (Å²) in [6.45, 7) is 0. The standard InChI is InChI=1S/C13H20O5/c1-17-12(15)9-5-3-4-6-11(14)10(8-7-9)13(16)18-2/h9-10H,3-8H2,1-2H3. The predicted molar refractivity (Wildman–Crippen MR) is 63.7 cm³/mol. The smallest absolute Gasteiger partial charge is 0.316 e. The van der Waals surface area contributed by atoms with Crippen LogP contribution in [0.4, 0.5) is 0 Å². The van der Waals surface area contributed by atoms with Crippen LogP contribution in [0.5, 0.6) is 0 Å². The highest BCUT2D eigenvalue weighted by atomic mass is 16.5. The minimum Gasteiger partial charge on any atom is -0.469 e. The maximum atomic E-state index is 11.8. The zero-order valence-electron chi connectivity index (χ0n) is 10.9. The number of hydrogen-bond donors (Lipinski definition) is 0. The van der Waals surface area contributed by atoms with Gasteiger partial charge in [-0.2, -0.15) is 0 Å². The first-order chi connectivity index (χ1) is 8.60. The summed E-state index contributed by atoms with van der Waals surface area (Å²) in [5, 5.41) is 0. The Kier molecular flexibility index (Phi) is 5.82. The highest BCUT2D eigenvalue weighted by molar-refractivity contribution is 5.98. The number of rotatable bonds is 2. The Morgan fingerprint density at radius 1 is 1.00 bits per heavy atom. The number of methoxy groups -OCH3 is 2. The second kappa shape index (κ2) is 7.13. The number of ketones is 1. The van der Waals surface area contributed by atoms with Crippen molar-refractivity contribution in [1.29, 1.82) is 0 Å². The van der Waals surface area contributed by atoms with Gasteiger partial charge in [0.1, 0.15) is 11.7 Å². The van der Waals surface area contributed by atoms with E-state index in [1.807, 2.05) is 0 Å². The van der Waals surface area contributed by atoms with Crippen LogP contribution in [-0.2, 0) is 23.9 Å². The first-order valence-electron chi connectivity index (χ1n) is 6.28. The molecule has 0 bridgehead atoms. The lowest BCUT2D eigenvalue weighted by molar-refractivity contribution is -0.151. The fraction of sp³-hybridized carbons (Fsp3) is 0.769. The first kappa shape index (κ1) is 14.7. The van der Waals surface area contributed by atoms with E-state index >= 15 is 0 Å². The number of esters is 2. The summed E-state index contributed by atoms with van der Waals surface area (Å²) in [4.78, 5) is 34.9. The molecule has 5 nitrogen and oxygen atoms in total. The van der Waals surface area contributed by atoms with Crippen LogP contribution >= 0.6 is 0 Å². The van der Waals surface area contributed by atoms with Gasteiger partial charge >= 0.3 is 11.9 Å². The maximum absolute atomic E-state index is 11.8. The lowest BCUT2D eigenvalue weighted by Crippen LogP contribution is -2.26. The second-order valence-electron chi connectivity index (χ2n) is 4.59. The molecule has 0 amide bonds.